The summed E-state index contributed by atoms with van der Waals surface area (Å²) in [7, 11) is 0. The van der Waals surface area contributed by atoms with E-state index >= 15 is 0 Å². The molecule has 33 heavy (non-hydrogen) atoms. The van der Waals surface area contributed by atoms with Crippen LogP contribution in [0.5, 0.6) is 0 Å². The molecule has 0 aliphatic carbocycles. The van der Waals surface area contributed by atoms with Crippen LogP contribution in [0.4, 0.5) is 0 Å². The van der Waals surface area contributed by atoms with Gasteiger partial charge in [0.15, 0.2) is 6.29 Å². The highest BCUT2D eigenvalue weighted by Gasteiger charge is 2.41. The number of carbonyl (C=O) groups excluding carboxylic acids is 4. The second kappa shape index (κ2) is 16.3. The molecule has 0 radical (unpaired) electrons. The Kier molecular flexibility index (Phi) is 14.2. The summed E-state index contributed by atoms with van der Waals surface area (Å²) in [5, 5.41) is 2.72. The SMILES string of the molecule is CC(=O)N[C@@H]1C[C@@H](OC(C)=O)[C@@H](COC(C)=O)O[C@H]1OCCOCCOCCOCC(N)=O. The summed E-state index contributed by atoms with van der Waals surface area (Å²) in [5.41, 5.74) is 4.94. The predicted octanol–water partition coefficient (Wildman–Crippen LogP) is -1.35. The van der Waals surface area contributed by atoms with Crippen LogP contribution >= 0.6 is 0 Å². The molecule has 13 nitrogen and oxygen atoms in total. The van der Waals surface area contributed by atoms with Crippen molar-refractivity contribution in [2.24, 2.45) is 5.73 Å². The van der Waals surface area contributed by atoms with Crippen LogP contribution in [0.3, 0.4) is 0 Å². The summed E-state index contributed by atoms with van der Waals surface area (Å²) < 4.78 is 37.5. The van der Waals surface area contributed by atoms with Gasteiger partial charge in [-0.25, -0.2) is 0 Å². The van der Waals surface area contributed by atoms with Crippen molar-refractivity contribution in [3.05, 3.63) is 0 Å². The molecule has 0 aromatic carbocycles. The standard InChI is InChI=1S/C20H34N2O11/c1-13(23)22-16-10-17(32-15(3)25)18(11-31-14(2)24)33-20(16)30-9-8-28-5-4-27-6-7-29-12-19(21)26/h16-18,20H,4-12H2,1-3H3,(H2,21,26)(H,22,23)/t16-,17-,18-,20-/m1/s1. The molecule has 190 valence electrons. The Hall–Kier alpha value is -2.32. The summed E-state index contributed by atoms with van der Waals surface area (Å²) >= 11 is 0. The monoisotopic (exact) mass is 478 g/mol. The fourth-order valence-corrected chi connectivity index (χ4v) is 2.93. The Bertz CT molecular complexity index is 631. The molecule has 0 bridgehead atoms. The lowest BCUT2D eigenvalue weighted by atomic mass is 10.00. The van der Waals surface area contributed by atoms with E-state index in [4.69, 9.17) is 38.9 Å². The van der Waals surface area contributed by atoms with Gasteiger partial charge >= 0.3 is 11.9 Å². The van der Waals surface area contributed by atoms with E-state index in [2.05, 4.69) is 5.32 Å². The molecule has 1 saturated heterocycles. The minimum absolute atomic E-state index is 0.128. The van der Waals surface area contributed by atoms with Crippen LogP contribution in [0, 0.1) is 0 Å². The molecule has 1 heterocycles. The Morgan fingerprint density at radius 2 is 1.52 bits per heavy atom. The number of carbonyl (C=O) groups is 4. The zero-order valence-electron chi connectivity index (χ0n) is 19.2. The lowest BCUT2D eigenvalue weighted by Gasteiger charge is -2.40. The Morgan fingerprint density at radius 1 is 0.909 bits per heavy atom. The zero-order chi connectivity index (χ0) is 24.6. The van der Waals surface area contributed by atoms with Crippen LogP contribution in [0.25, 0.3) is 0 Å². The predicted molar refractivity (Wildman–Crippen MR) is 111 cm³/mol. The van der Waals surface area contributed by atoms with Crippen LogP contribution in [-0.2, 0) is 52.3 Å². The largest absolute Gasteiger partial charge is 0.463 e. The number of nitrogens with two attached hydrogens (primary N) is 1. The minimum Gasteiger partial charge on any atom is -0.463 e. The topological polar surface area (TPSA) is 171 Å². The average molecular weight is 478 g/mol. The van der Waals surface area contributed by atoms with Crippen molar-refractivity contribution in [3.63, 3.8) is 0 Å². The summed E-state index contributed by atoms with van der Waals surface area (Å²) in [6.45, 7) is 5.16. The molecular weight excluding hydrogens is 444 g/mol. The minimum atomic E-state index is -0.858. The van der Waals surface area contributed by atoms with Gasteiger partial charge < -0.3 is 44.2 Å². The molecule has 3 N–H and O–H groups in total. The molecule has 1 aliphatic heterocycles. The van der Waals surface area contributed by atoms with Crippen molar-refractivity contribution in [2.45, 2.75) is 51.7 Å². The summed E-state index contributed by atoms with van der Waals surface area (Å²) in [5.74, 6) is -1.87. The first kappa shape index (κ1) is 28.7. The smallest absolute Gasteiger partial charge is 0.302 e. The molecule has 0 saturated carbocycles. The maximum atomic E-state index is 11.6. The van der Waals surface area contributed by atoms with E-state index in [1.165, 1.54) is 20.8 Å². The normalized spacial score (nSPS) is 22.4. The molecule has 4 atom stereocenters. The van der Waals surface area contributed by atoms with E-state index in [9.17, 15) is 19.2 Å². The molecule has 1 fully saturated rings. The van der Waals surface area contributed by atoms with Crippen molar-refractivity contribution in [1.82, 2.24) is 5.32 Å². The van der Waals surface area contributed by atoms with Crippen molar-refractivity contribution in [2.75, 3.05) is 52.9 Å². The number of esters is 2. The molecule has 0 aromatic rings. The van der Waals surface area contributed by atoms with Gasteiger partial charge in [-0.3, -0.25) is 19.2 Å². The first-order valence-corrected chi connectivity index (χ1v) is 10.5. The van der Waals surface area contributed by atoms with Crippen LogP contribution in [0.15, 0.2) is 0 Å². The Labute approximate surface area is 192 Å². The number of primary amides is 1. The second-order valence-corrected chi connectivity index (χ2v) is 7.15. The van der Waals surface area contributed by atoms with Crippen molar-refractivity contribution in [3.8, 4) is 0 Å². The number of amides is 2. The lowest BCUT2D eigenvalue weighted by Crippen LogP contribution is -2.57. The van der Waals surface area contributed by atoms with Gasteiger partial charge in [0, 0.05) is 27.2 Å². The average Bonchev–Trinajstić information content (AvgIpc) is 2.71. The van der Waals surface area contributed by atoms with Gasteiger partial charge in [-0.2, -0.15) is 0 Å². The molecule has 0 aromatic heterocycles. The third-order valence-electron chi connectivity index (χ3n) is 4.19. The van der Waals surface area contributed by atoms with Crippen LogP contribution < -0.4 is 11.1 Å². The molecule has 13 heteroatoms. The fourth-order valence-electron chi connectivity index (χ4n) is 2.93. The van der Waals surface area contributed by atoms with Gasteiger partial charge in [-0.05, 0) is 0 Å². The highest BCUT2D eigenvalue weighted by molar-refractivity contribution is 5.75. The van der Waals surface area contributed by atoms with Crippen LogP contribution in [0.2, 0.25) is 0 Å². The third-order valence-corrected chi connectivity index (χ3v) is 4.19. The zero-order valence-corrected chi connectivity index (χ0v) is 19.2. The van der Waals surface area contributed by atoms with Crippen molar-refractivity contribution in [1.29, 1.82) is 0 Å². The van der Waals surface area contributed by atoms with Gasteiger partial charge in [0.1, 0.15) is 25.4 Å². The quantitative estimate of drug-likeness (QED) is 0.198. The maximum Gasteiger partial charge on any atom is 0.302 e. The number of hydrogen-bond donors (Lipinski definition) is 2. The Morgan fingerprint density at radius 3 is 2.06 bits per heavy atom. The van der Waals surface area contributed by atoms with Gasteiger partial charge in [-0.1, -0.05) is 0 Å². The summed E-state index contributed by atoms with van der Waals surface area (Å²) in [6, 6.07) is -0.579. The number of ether oxygens (including phenoxy) is 7. The molecule has 1 aliphatic rings. The third kappa shape index (κ3) is 13.7. The van der Waals surface area contributed by atoms with Gasteiger partial charge in [0.05, 0.1) is 45.7 Å². The fraction of sp³-hybridized carbons (Fsp3) is 0.800. The Balaban J connectivity index is 2.41. The van der Waals surface area contributed by atoms with Gasteiger partial charge in [0.25, 0.3) is 0 Å². The highest BCUT2D eigenvalue weighted by atomic mass is 16.7. The molecule has 0 unspecified atom stereocenters. The number of rotatable bonds is 16. The van der Waals surface area contributed by atoms with Crippen molar-refractivity contribution < 1.29 is 52.3 Å². The highest BCUT2D eigenvalue weighted by Crippen LogP contribution is 2.24. The molecule has 1 rings (SSSR count). The van der Waals surface area contributed by atoms with Gasteiger partial charge in [-0.15, -0.1) is 0 Å². The van der Waals surface area contributed by atoms with Crippen LogP contribution in [0.1, 0.15) is 27.2 Å². The van der Waals surface area contributed by atoms with Crippen LogP contribution in [-0.4, -0.2) is 101 Å². The second-order valence-electron chi connectivity index (χ2n) is 7.15. The molecule has 2 amide bonds. The van der Waals surface area contributed by atoms with Gasteiger partial charge in [0.2, 0.25) is 11.8 Å². The molecular formula is C20H34N2O11. The first-order valence-electron chi connectivity index (χ1n) is 10.5. The number of nitrogens with one attached hydrogen (secondary N) is 1. The van der Waals surface area contributed by atoms with E-state index in [1.54, 1.807) is 0 Å². The first-order chi connectivity index (χ1) is 15.7. The van der Waals surface area contributed by atoms with E-state index in [0.29, 0.717) is 19.8 Å². The van der Waals surface area contributed by atoms with E-state index in [1.807, 2.05) is 0 Å². The van der Waals surface area contributed by atoms with E-state index < -0.39 is 42.4 Å². The number of hydrogen-bond acceptors (Lipinski definition) is 11. The summed E-state index contributed by atoms with van der Waals surface area (Å²) in [4.78, 5) is 44.7. The summed E-state index contributed by atoms with van der Waals surface area (Å²) in [6.07, 6.45) is -2.11. The van der Waals surface area contributed by atoms with E-state index in [0.717, 1.165) is 0 Å². The maximum absolute atomic E-state index is 11.6. The van der Waals surface area contributed by atoms with E-state index in [-0.39, 0.29) is 45.4 Å². The molecule has 0 spiro atoms. The van der Waals surface area contributed by atoms with Crippen molar-refractivity contribution >= 4 is 23.8 Å². The lowest BCUT2D eigenvalue weighted by molar-refractivity contribution is -0.250.